The molecular formula is C18H20N3O+. The van der Waals surface area contributed by atoms with Crippen LogP contribution >= 0.6 is 0 Å². The largest absolute Gasteiger partial charge is 0.348 e. The lowest BCUT2D eigenvalue weighted by Crippen LogP contribution is -2.26. The van der Waals surface area contributed by atoms with Gasteiger partial charge < -0.3 is 9.88 Å². The monoisotopic (exact) mass is 294 g/mol. The number of aromatic amines is 1. The Kier molecular flexibility index (Phi) is 3.67. The van der Waals surface area contributed by atoms with E-state index in [9.17, 15) is 4.79 Å². The number of nitrogens with zero attached hydrogens (tertiary/aromatic N) is 1. The van der Waals surface area contributed by atoms with Crippen LogP contribution in [0.25, 0.3) is 10.9 Å². The lowest BCUT2D eigenvalue weighted by molar-refractivity contribution is -0.390. The van der Waals surface area contributed by atoms with Crippen molar-refractivity contribution in [2.75, 3.05) is 0 Å². The number of hydrogen-bond donors (Lipinski definition) is 1. The number of carbonyl (C=O) groups excluding carboxylic acids is 1. The number of fused-ring (bicyclic) bond motifs is 1. The van der Waals surface area contributed by atoms with Crippen molar-refractivity contribution in [3.8, 4) is 0 Å². The Hall–Kier alpha value is -2.62. The summed E-state index contributed by atoms with van der Waals surface area (Å²) in [6.45, 7) is 4.68. The fourth-order valence-corrected chi connectivity index (χ4v) is 2.72. The van der Waals surface area contributed by atoms with Crippen molar-refractivity contribution in [3.63, 3.8) is 0 Å². The predicted molar refractivity (Wildman–Crippen MR) is 86.6 cm³/mol. The van der Waals surface area contributed by atoms with Crippen molar-refractivity contribution in [2.24, 2.45) is 7.05 Å². The van der Waals surface area contributed by atoms with Gasteiger partial charge in [0.25, 0.3) is 5.91 Å². The van der Waals surface area contributed by atoms with Crippen molar-refractivity contribution in [1.29, 1.82) is 0 Å². The minimum atomic E-state index is -0.0555. The first-order chi connectivity index (χ1) is 10.6. The summed E-state index contributed by atoms with van der Waals surface area (Å²) in [5.74, 6) is -0.0555. The zero-order valence-corrected chi connectivity index (χ0v) is 13.1. The normalized spacial score (nSPS) is 10.9. The van der Waals surface area contributed by atoms with Crippen molar-refractivity contribution in [1.82, 2.24) is 9.88 Å². The molecule has 0 saturated heterocycles. The van der Waals surface area contributed by atoms with Crippen LogP contribution in [0.2, 0.25) is 0 Å². The lowest BCUT2D eigenvalue weighted by atomic mass is 10.1. The van der Waals surface area contributed by atoms with Gasteiger partial charge in [-0.25, -0.2) is 4.98 Å². The molecule has 0 aliphatic rings. The molecule has 0 spiro atoms. The molecule has 0 radical (unpaired) electrons. The molecule has 4 nitrogen and oxygen atoms in total. The summed E-state index contributed by atoms with van der Waals surface area (Å²) in [4.78, 5) is 15.4. The maximum Gasteiger partial charge on any atom is 0.251 e. The third-order valence-electron chi connectivity index (χ3n) is 4.28. The topological polar surface area (TPSA) is 48.2 Å². The van der Waals surface area contributed by atoms with Gasteiger partial charge in [0.1, 0.15) is 6.54 Å². The van der Waals surface area contributed by atoms with Gasteiger partial charge in [-0.1, -0.05) is 6.07 Å². The average Bonchev–Trinajstić information content (AvgIpc) is 2.78. The van der Waals surface area contributed by atoms with Crippen LogP contribution in [-0.4, -0.2) is 10.5 Å². The molecule has 0 saturated carbocycles. The molecule has 0 unspecified atom stereocenters. The van der Waals surface area contributed by atoms with E-state index in [0.29, 0.717) is 12.1 Å². The Balaban J connectivity index is 1.84. The zero-order valence-electron chi connectivity index (χ0n) is 13.1. The summed E-state index contributed by atoms with van der Waals surface area (Å²) in [6.07, 6.45) is 1.85. The van der Waals surface area contributed by atoms with Gasteiger partial charge >= 0.3 is 0 Å². The maximum atomic E-state index is 12.3. The number of pyridine rings is 1. The van der Waals surface area contributed by atoms with Gasteiger partial charge in [-0.3, -0.25) is 4.79 Å². The van der Waals surface area contributed by atoms with Crippen LogP contribution < -0.4 is 10.3 Å². The molecule has 0 fully saturated rings. The minimum absolute atomic E-state index is 0.0555. The van der Waals surface area contributed by atoms with Gasteiger partial charge in [-0.2, -0.15) is 0 Å². The summed E-state index contributed by atoms with van der Waals surface area (Å²) in [6, 6.07) is 11.7. The predicted octanol–water partition coefficient (Wildman–Crippen LogP) is 2.54. The third kappa shape index (κ3) is 2.48. The highest BCUT2D eigenvalue weighted by Crippen LogP contribution is 2.25. The van der Waals surface area contributed by atoms with E-state index in [1.807, 2.05) is 42.6 Å². The first-order valence-corrected chi connectivity index (χ1v) is 7.37. The molecule has 2 heterocycles. The summed E-state index contributed by atoms with van der Waals surface area (Å²) >= 11 is 0. The van der Waals surface area contributed by atoms with Crippen molar-refractivity contribution < 1.29 is 9.78 Å². The van der Waals surface area contributed by atoms with Gasteiger partial charge in [0.15, 0.2) is 11.9 Å². The number of carbonyl (C=O) groups is 1. The molecule has 4 heteroatoms. The van der Waals surface area contributed by atoms with E-state index in [1.54, 1.807) is 0 Å². The fraction of sp³-hybridized carbons (Fsp3) is 0.222. The van der Waals surface area contributed by atoms with Crippen LogP contribution in [0, 0.1) is 13.8 Å². The van der Waals surface area contributed by atoms with E-state index in [4.69, 9.17) is 0 Å². The molecule has 1 aromatic carbocycles. The highest BCUT2D eigenvalue weighted by molar-refractivity contribution is 5.99. The van der Waals surface area contributed by atoms with E-state index < -0.39 is 0 Å². The number of aromatic nitrogens is 2. The second kappa shape index (κ2) is 5.64. The van der Waals surface area contributed by atoms with E-state index >= 15 is 0 Å². The molecule has 2 N–H and O–H groups in total. The van der Waals surface area contributed by atoms with E-state index in [0.717, 1.165) is 16.6 Å². The molecule has 1 amide bonds. The summed E-state index contributed by atoms with van der Waals surface area (Å²) < 4.78 is 2.16. The zero-order chi connectivity index (χ0) is 15.7. The molecule has 0 aliphatic carbocycles. The van der Waals surface area contributed by atoms with Crippen LogP contribution in [-0.2, 0) is 13.6 Å². The Morgan fingerprint density at radius 1 is 1.23 bits per heavy atom. The standard InChI is InChI=1S/C18H19N3O/c1-12-13(2)21(3)17-8-7-14(10-16(12)17)18(22)20-11-15-6-4-5-9-19-15/h4-10H,11H2,1-3H3,(H,20,22)/p+1. The minimum Gasteiger partial charge on any atom is -0.348 e. The summed E-state index contributed by atoms with van der Waals surface area (Å²) in [5, 5.41) is 4.08. The number of H-pyrrole nitrogens is 1. The molecule has 0 atom stereocenters. The first-order valence-electron chi connectivity index (χ1n) is 7.37. The van der Waals surface area contributed by atoms with Gasteiger partial charge in [-0.15, -0.1) is 0 Å². The molecular weight excluding hydrogens is 274 g/mol. The Labute approximate surface area is 129 Å². The van der Waals surface area contributed by atoms with E-state index in [-0.39, 0.29) is 5.91 Å². The second-order valence-corrected chi connectivity index (χ2v) is 5.57. The second-order valence-electron chi connectivity index (χ2n) is 5.57. The maximum absolute atomic E-state index is 12.3. The summed E-state index contributed by atoms with van der Waals surface area (Å²) in [5.41, 5.74) is 5.28. The van der Waals surface area contributed by atoms with Crippen molar-refractivity contribution in [3.05, 3.63) is 65.1 Å². The van der Waals surface area contributed by atoms with Gasteiger partial charge in [0.05, 0.1) is 0 Å². The molecule has 112 valence electrons. The van der Waals surface area contributed by atoms with Gasteiger partial charge in [0.2, 0.25) is 0 Å². The Bertz CT molecular complexity index is 834. The van der Waals surface area contributed by atoms with Crippen LogP contribution in [0.15, 0.2) is 42.6 Å². The Morgan fingerprint density at radius 2 is 2.05 bits per heavy atom. The van der Waals surface area contributed by atoms with E-state index in [2.05, 4.69) is 35.8 Å². The van der Waals surface area contributed by atoms with Gasteiger partial charge in [0, 0.05) is 41.3 Å². The number of amides is 1. The number of nitrogens with one attached hydrogen (secondary N) is 2. The first kappa shape index (κ1) is 14.3. The van der Waals surface area contributed by atoms with E-state index in [1.165, 1.54) is 11.3 Å². The SMILES string of the molecule is Cc1c(C)n(C)c2ccc(C(=O)NCc3cccc[nH+]3)cc12. The highest BCUT2D eigenvalue weighted by atomic mass is 16.1. The Morgan fingerprint density at radius 3 is 2.77 bits per heavy atom. The molecule has 2 aromatic heterocycles. The van der Waals surface area contributed by atoms with Crippen LogP contribution in [0.1, 0.15) is 27.3 Å². The molecule has 3 aromatic rings. The molecule has 22 heavy (non-hydrogen) atoms. The highest BCUT2D eigenvalue weighted by Gasteiger charge is 2.12. The number of rotatable bonds is 3. The number of aryl methyl sites for hydroxylation is 2. The molecule has 3 rings (SSSR count). The summed E-state index contributed by atoms with van der Waals surface area (Å²) in [7, 11) is 2.05. The smallest absolute Gasteiger partial charge is 0.251 e. The van der Waals surface area contributed by atoms with Crippen LogP contribution in [0.3, 0.4) is 0 Å². The third-order valence-corrected chi connectivity index (χ3v) is 4.28. The molecule has 0 aliphatic heterocycles. The average molecular weight is 294 g/mol. The quantitative estimate of drug-likeness (QED) is 0.793. The lowest BCUT2D eigenvalue weighted by Gasteiger charge is -2.04. The van der Waals surface area contributed by atoms with Crippen molar-refractivity contribution in [2.45, 2.75) is 20.4 Å². The fourth-order valence-electron chi connectivity index (χ4n) is 2.72. The van der Waals surface area contributed by atoms with Crippen molar-refractivity contribution >= 4 is 16.8 Å². The van der Waals surface area contributed by atoms with Crippen LogP contribution in [0.4, 0.5) is 0 Å². The number of benzene rings is 1. The van der Waals surface area contributed by atoms with Crippen LogP contribution in [0.5, 0.6) is 0 Å². The molecule has 0 bridgehead atoms. The van der Waals surface area contributed by atoms with Gasteiger partial charge in [-0.05, 0) is 37.6 Å². The number of hydrogen-bond acceptors (Lipinski definition) is 1.